The van der Waals surface area contributed by atoms with Gasteiger partial charge in [-0.2, -0.15) is 22.1 Å². The predicted octanol–water partition coefficient (Wildman–Crippen LogP) is 4.98. The first kappa shape index (κ1) is 24.7. The Balaban J connectivity index is 1.26. The van der Waals surface area contributed by atoms with Crippen LogP contribution in [0.5, 0.6) is 0 Å². The fraction of sp³-hybridized carbons (Fsp3) is 0.370. The normalized spacial score (nSPS) is 17.1. The molecule has 2 aromatic carbocycles. The molecule has 2 aliphatic rings. The number of anilines is 2. The van der Waals surface area contributed by atoms with Crippen molar-refractivity contribution in [3.63, 3.8) is 0 Å². The van der Waals surface area contributed by atoms with Gasteiger partial charge >= 0.3 is 0 Å². The average molecular weight is 521 g/mol. The Labute approximate surface area is 221 Å². The number of rotatable bonds is 5. The van der Waals surface area contributed by atoms with Gasteiger partial charge in [0, 0.05) is 42.9 Å². The largest absolute Gasteiger partial charge is 0.368 e. The van der Waals surface area contributed by atoms with Crippen LogP contribution in [-0.2, 0) is 0 Å². The summed E-state index contributed by atoms with van der Waals surface area (Å²) in [5.74, 6) is 2.26. The maximum Gasteiger partial charge on any atom is 0.259 e. The van der Waals surface area contributed by atoms with Crippen molar-refractivity contribution in [2.45, 2.75) is 25.8 Å². The van der Waals surface area contributed by atoms with Crippen molar-refractivity contribution in [3.8, 4) is 11.8 Å². The third-order valence-corrected chi connectivity index (χ3v) is 8.36. The van der Waals surface area contributed by atoms with Gasteiger partial charge in [0.25, 0.3) is 5.91 Å². The maximum absolute atomic E-state index is 13.0. The SMILES string of the molecule is Cc1c(C(=O)Nc2ccc(N3CCN(C4CCSCC4)CC3)c(C#N)c2)cnn1-c1ccc(Cl)cc1. The van der Waals surface area contributed by atoms with Crippen LogP contribution in [0.3, 0.4) is 0 Å². The van der Waals surface area contributed by atoms with E-state index in [1.165, 1.54) is 24.3 Å². The van der Waals surface area contributed by atoms with Crippen LogP contribution in [0.15, 0.2) is 48.7 Å². The van der Waals surface area contributed by atoms with Crippen molar-refractivity contribution in [2.75, 3.05) is 47.9 Å². The number of nitrogens with one attached hydrogen (secondary N) is 1. The fourth-order valence-electron chi connectivity index (χ4n) is 5.03. The minimum absolute atomic E-state index is 0.261. The number of aromatic nitrogens is 2. The van der Waals surface area contributed by atoms with E-state index in [0.717, 1.165) is 43.2 Å². The molecule has 1 aromatic heterocycles. The van der Waals surface area contributed by atoms with Gasteiger partial charge in [-0.05, 0) is 73.7 Å². The lowest BCUT2D eigenvalue weighted by Crippen LogP contribution is -2.51. The number of thioether (sulfide) groups is 1. The van der Waals surface area contributed by atoms with Crippen molar-refractivity contribution < 1.29 is 4.79 Å². The van der Waals surface area contributed by atoms with E-state index in [2.05, 4.69) is 38.0 Å². The number of halogens is 1. The van der Waals surface area contributed by atoms with Crippen LogP contribution in [0, 0.1) is 18.3 Å². The summed E-state index contributed by atoms with van der Waals surface area (Å²) in [6.07, 6.45) is 4.12. The number of amides is 1. The highest BCUT2D eigenvalue weighted by atomic mass is 35.5. The zero-order valence-electron chi connectivity index (χ0n) is 20.3. The summed E-state index contributed by atoms with van der Waals surface area (Å²) >= 11 is 8.04. The van der Waals surface area contributed by atoms with E-state index < -0.39 is 0 Å². The van der Waals surface area contributed by atoms with Crippen molar-refractivity contribution in [1.29, 1.82) is 5.26 Å². The highest BCUT2D eigenvalue weighted by molar-refractivity contribution is 7.99. The van der Waals surface area contributed by atoms with Crippen LogP contribution in [0.2, 0.25) is 5.02 Å². The third kappa shape index (κ3) is 5.24. The van der Waals surface area contributed by atoms with Gasteiger partial charge in [-0.25, -0.2) is 4.68 Å². The number of nitrogens with zero attached hydrogens (tertiary/aromatic N) is 5. The molecule has 5 rings (SSSR count). The topological polar surface area (TPSA) is 77.2 Å². The number of hydrogen-bond donors (Lipinski definition) is 1. The fourth-order valence-corrected chi connectivity index (χ4v) is 6.24. The summed E-state index contributed by atoms with van der Waals surface area (Å²) in [5.41, 5.74) is 4.13. The lowest BCUT2D eigenvalue weighted by Gasteiger charge is -2.41. The molecule has 0 atom stereocenters. The molecule has 1 amide bonds. The third-order valence-electron chi connectivity index (χ3n) is 7.06. The van der Waals surface area contributed by atoms with E-state index in [9.17, 15) is 10.1 Å². The minimum atomic E-state index is -0.261. The quantitative estimate of drug-likeness (QED) is 0.511. The first-order chi connectivity index (χ1) is 17.5. The summed E-state index contributed by atoms with van der Waals surface area (Å²) in [7, 11) is 0. The molecule has 2 saturated heterocycles. The Morgan fingerprint density at radius 2 is 1.83 bits per heavy atom. The molecular formula is C27H29ClN6OS. The summed E-state index contributed by atoms with van der Waals surface area (Å²) in [6, 6.07) is 15.9. The second-order valence-corrected chi connectivity index (χ2v) is 10.9. The first-order valence-corrected chi connectivity index (χ1v) is 13.8. The van der Waals surface area contributed by atoms with Gasteiger partial charge in [-0.15, -0.1) is 0 Å². The highest BCUT2D eigenvalue weighted by Gasteiger charge is 2.26. The second kappa shape index (κ2) is 11.0. The van der Waals surface area contributed by atoms with Crippen LogP contribution in [0.1, 0.15) is 34.5 Å². The Morgan fingerprint density at radius 3 is 2.53 bits per heavy atom. The molecule has 9 heteroatoms. The van der Waals surface area contributed by atoms with Crippen molar-refractivity contribution in [2.24, 2.45) is 0 Å². The first-order valence-electron chi connectivity index (χ1n) is 12.3. The minimum Gasteiger partial charge on any atom is -0.368 e. The van der Waals surface area contributed by atoms with Gasteiger partial charge in [0.1, 0.15) is 6.07 Å². The summed E-state index contributed by atoms with van der Waals surface area (Å²) in [6.45, 7) is 5.72. The molecule has 0 saturated carbocycles. The second-order valence-electron chi connectivity index (χ2n) is 9.20. The highest BCUT2D eigenvalue weighted by Crippen LogP contribution is 2.28. The van der Waals surface area contributed by atoms with Crippen LogP contribution in [0.4, 0.5) is 11.4 Å². The van der Waals surface area contributed by atoms with E-state index in [1.54, 1.807) is 29.1 Å². The van der Waals surface area contributed by atoms with Gasteiger partial charge in [-0.1, -0.05) is 11.6 Å². The van der Waals surface area contributed by atoms with E-state index in [0.29, 0.717) is 27.9 Å². The summed E-state index contributed by atoms with van der Waals surface area (Å²) < 4.78 is 1.71. The van der Waals surface area contributed by atoms with Crippen molar-refractivity contribution in [1.82, 2.24) is 14.7 Å². The zero-order valence-corrected chi connectivity index (χ0v) is 21.9. The number of carbonyl (C=O) groups excluding carboxylic acids is 1. The number of piperazine rings is 1. The van der Waals surface area contributed by atoms with Crippen LogP contribution in [-0.4, -0.2) is 64.3 Å². The molecule has 0 unspecified atom stereocenters. The molecule has 0 radical (unpaired) electrons. The van der Waals surface area contributed by atoms with Gasteiger partial charge in [-0.3, -0.25) is 9.69 Å². The molecule has 1 N–H and O–H groups in total. The Bertz CT molecular complexity index is 1270. The number of hydrogen-bond acceptors (Lipinski definition) is 6. The predicted molar refractivity (Wildman–Crippen MR) is 147 cm³/mol. The van der Waals surface area contributed by atoms with Crippen LogP contribution < -0.4 is 10.2 Å². The number of nitriles is 1. The Kier molecular flexibility index (Phi) is 7.51. The van der Waals surface area contributed by atoms with Crippen molar-refractivity contribution in [3.05, 3.63) is 70.5 Å². The number of carbonyl (C=O) groups is 1. The van der Waals surface area contributed by atoms with Crippen LogP contribution >= 0.6 is 23.4 Å². The van der Waals surface area contributed by atoms with Gasteiger partial charge in [0.15, 0.2) is 0 Å². The molecule has 0 aliphatic carbocycles. The van der Waals surface area contributed by atoms with Gasteiger partial charge < -0.3 is 10.2 Å². The van der Waals surface area contributed by atoms with Crippen molar-refractivity contribution >= 4 is 40.6 Å². The van der Waals surface area contributed by atoms with E-state index in [4.69, 9.17) is 11.6 Å². The molecule has 0 bridgehead atoms. The molecule has 186 valence electrons. The smallest absolute Gasteiger partial charge is 0.259 e. The van der Waals surface area contributed by atoms with Crippen LogP contribution in [0.25, 0.3) is 5.69 Å². The molecule has 3 heterocycles. The maximum atomic E-state index is 13.0. The molecule has 0 spiro atoms. The molecule has 2 fully saturated rings. The van der Waals surface area contributed by atoms with E-state index in [1.807, 2.05) is 31.2 Å². The Morgan fingerprint density at radius 1 is 1.11 bits per heavy atom. The van der Waals surface area contributed by atoms with E-state index in [-0.39, 0.29) is 5.91 Å². The standard InChI is InChI=1S/C27H29ClN6OS/c1-19-25(18-30-34(19)24-5-2-21(28)3-6-24)27(35)31-22-4-7-26(20(16-22)17-29)33-12-10-32(11-13-33)23-8-14-36-15-9-23/h2-7,16,18,23H,8-15H2,1H3,(H,31,35). The lowest BCUT2D eigenvalue weighted by molar-refractivity contribution is 0.102. The average Bonchev–Trinajstić information content (AvgIpc) is 3.31. The van der Waals surface area contributed by atoms with Gasteiger partial charge in [0.2, 0.25) is 0 Å². The van der Waals surface area contributed by atoms with Gasteiger partial charge in [0.05, 0.1) is 34.4 Å². The summed E-state index contributed by atoms with van der Waals surface area (Å²) in [5, 5.41) is 17.8. The monoisotopic (exact) mass is 520 g/mol. The Hall–Kier alpha value is -2.99. The molecule has 2 aliphatic heterocycles. The molecule has 3 aromatic rings. The molecular weight excluding hydrogens is 492 g/mol. The van der Waals surface area contributed by atoms with E-state index >= 15 is 0 Å². The lowest BCUT2D eigenvalue weighted by atomic mass is 10.1. The molecule has 7 nitrogen and oxygen atoms in total. The number of benzene rings is 2. The summed E-state index contributed by atoms with van der Waals surface area (Å²) in [4.78, 5) is 17.9. The zero-order chi connectivity index (χ0) is 25.1. The molecule has 36 heavy (non-hydrogen) atoms.